The normalized spacial score (nSPS) is 24.6. The molecular formula is C13H22N4O2S. The zero-order valence-electron chi connectivity index (χ0n) is 12.3. The molecule has 1 heterocycles. The van der Waals surface area contributed by atoms with Crippen LogP contribution in [0.5, 0.6) is 0 Å². The van der Waals surface area contributed by atoms with Crippen molar-refractivity contribution in [1.29, 1.82) is 0 Å². The first-order chi connectivity index (χ1) is 9.54. The number of hydrogen-bond donors (Lipinski definition) is 1. The van der Waals surface area contributed by atoms with Crippen molar-refractivity contribution in [2.45, 2.75) is 57.5 Å². The van der Waals surface area contributed by atoms with Gasteiger partial charge in [0.25, 0.3) is 0 Å². The largest absolute Gasteiger partial charge is 0.351 e. The van der Waals surface area contributed by atoms with E-state index in [0.717, 1.165) is 31.4 Å². The Kier molecular flexibility index (Phi) is 4.91. The summed E-state index contributed by atoms with van der Waals surface area (Å²) in [6.45, 7) is 3.68. The second-order valence-electron chi connectivity index (χ2n) is 5.37. The van der Waals surface area contributed by atoms with Gasteiger partial charge in [0, 0.05) is 11.8 Å². The maximum atomic E-state index is 12.6. The second kappa shape index (κ2) is 6.47. The molecule has 20 heavy (non-hydrogen) atoms. The Labute approximate surface area is 123 Å². The van der Waals surface area contributed by atoms with E-state index in [2.05, 4.69) is 10.4 Å². The molecule has 0 aromatic heterocycles. The molecule has 2 rings (SSSR count). The van der Waals surface area contributed by atoms with Crippen molar-refractivity contribution >= 4 is 29.5 Å². The number of carbonyl (C=O) groups is 2. The summed E-state index contributed by atoms with van der Waals surface area (Å²) in [5, 5.41) is 8.50. The lowest BCUT2D eigenvalue weighted by Crippen LogP contribution is -2.64. The topological polar surface area (TPSA) is 65.0 Å². The van der Waals surface area contributed by atoms with Gasteiger partial charge >= 0.3 is 12.1 Å². The standard InChI is InChI=1S/C13H22N4O2S/c1-9(2)15-17-12(20-3)14-11(18)16(13(17)19)10-7-5-4-6-8-10/h10,12H,4-8H2,1-3H3,(H,14,18). The number of hydrazone groups is 1. The van der Waals surface area contributed by atoms with Crippen LogP contribution >= 0.6 is 11.8 Å². The summed E-state index contributed by atoms with van der Waals surface area (Å²) in [5.74, 6) is 0. The van der Waals surface area contributed by atoms with Gasteiger partial charge in [0.05, 0.1) is 0 Å². The van der Waals surface area contributed by atoms with Gasteiger partial charge in [0.1, 0.15) is 0 Å². The van der Waals surface area contributed by atoms with Gasteiger partial charge in [-0.05, 0) is 32.9 Å². The molecule has 2 aliphatic rings. The van der Waals surface area contributed by atoms with Gasteiger partial charge < -0.3 is 5.32 Å². The zero-order valence-corrected chi connectivity index (χ0v) is 13.1. The highest BCUT2D eigenvalue weighted by Crippen LogP contribution is 2.27. The van der Waals surface area contributed by atoms with Crippen molar-refractivity contribution in [1.82, 2.24) is 15.2 Å². The van der Waals surface area contributed by atoms with Crippen LogP contribution in [0, 0.1) is 0 Å². The van der Waals surface area contributed by atoms with Crippen LogP contribution in [0.15, 0.2) is 5.10 Å². The van der Waals surface area contributed by atoms with Gasteiger partial charge in [-0.15, -0.1) is 11.8 Å². The molecule has 1 unspecified atom stereocenters. The lowest BCUT2D eigenvalue weighted by atomic mass is 9.94. The molecule has 2 fully saturated rings. The first kappa shape index (κ1) is 15.2. The maximum absolute atomic E-state index is 12.6. The lowest BCUT2D eigenvalue weighted by molar-refractivity contribution is 0.102. The minimum Gasteiger partial charge on any atom is -0.307 e. The van der Waals surface area contributed by atoms with Crippen LogP contribution in [0.3, 0.4) is 0 Å². The van der Waals surface area contributed by atoms with Crippen molar-refractivity contribution in [3.63, 3.8) is 0 Å². The number of rotatable bonds is 3. The summed E-state index contributed by atoms with van der Waals surface area (Å²) < 4.78 is 0. The molecule has 6 nitrogen and oxygen atoms in total. The van der Waals surface area contributed by atoms with Crippen molar-refractivity contribution in [3.05, 3.63) is 0 Å². The molecule has 1 aliphatic heterocycles. The van der Waals surface area contributed by atoms with Gasteiger partial charge in [-0.3, -0.25) is 0 Å². The Balaban J connectivity index is 2.22. The van der Waals surface area contributed by atoms with Crippen LogP contribution in [-0.2, 0) is 0 Å². The molecule has 1 N–H and O–H groups in total. The first-order valence-electron chi connectivity index (χ1n) is 7.02. The molecule has 0 aromatic carbocycles. The Bertz CT molecular complexity index is 417. The Morgan fingerprint density at radius 1 is 1.25 bits per heavy atom. The van der Waals surface area contributed by atoms with E-state index >= 15 is 0 Å². The van der Waals surface area contributed by atoms with Crippen LogP contribution in [-0.4, -0.2) is 45.5 Å². The van der Waals surface area contributed by atoms with E-state index in [-0.39, 0.29) is 18.1 Å². The van der Waals surface area contributed by atoms with Crippen LogP contribution in [0.1, 0.15) is 46.0 Å². The van der Waals surface area contributed by atoms with E-state index in [4.69, 9.17) is 0 Å². The van der Waals surface area contributed by atoms with Crippen LogP contribution in [0.4, 0.5) is 9.59 Å². The third-order valence-corrected chi connectivity index (χ3v) is 4.32. The number of imide groups is 1. The van der Waals surface area contributed by atoms with E-state index in [0.29, 0.717) is 0 Å². The summed E-state index contributed by atoms with van der Waals surface area (Å²) in [5.41, 5.74) is 0.363. The molecule has 7 heteroatoms. The summed E-state index contributed by atoms with van der Waals surface area (Å²) in [6.07, 6.45) is 6.97. The monoisotopic (exact) mass is 298 g/mol. The van der Waals surface area contributed by atoms with E-state index in [1.54, 1.807) is 0 Å². The third kappa shape index (κ3) is 3.08. The first-order valence-corrected chi connectivity index (χ1v) is 8.31. The second-order valence-corrected chi connectivity index (χ2v) is 6.29. The molecule has 0 bridgehead atoms. The number of nitrogens with zero attached hydrogens (tertiary/aromatic N) is 3. The van der Waals surface area contributed by atoms with E-state index in [1.807, 2.05) is 20.1 Å². The highest BCUT2D eigenvalue weighted by Gasteiger charge is 2.42. The zero-order chi connectivity index (χ0) is 14.7. The molecular weight excluding hydrogens is 276 g/mol. The average molecular weight is 298 g/mol. The number of thioether (sulfide) groups is 1. The minimum absolute atomic E-state index is 0.00826. The molecule has 1 atom stereocenters. The van der Waals surface area contributed by atoms with Gasteiger partial charge in [-0.1, -0.05) is 19.3 Å². The molecule has 1 aliphatic carbocycles. The summed E-state index contributed by atoms with van der Waals surface area (Å²) in [7, 11) is 0. The summed E-state index contributed by atoms with van der Waals surface area (Å²) >= 11 is 1.39. The van der Waals surface area contributed by atoms with Crippen molar-refractivity contribution in [2.24, 2.45) is 5.10 Å². The Morgan fingerprint density at radius 3 is 2.45 bits per heavy atom. The molecule has 1 saturated heterocycles. The predicted molar refractivity (Wildman–Crippen MR) is 80.6 cm³/mol. The number of urea groups is 2. The third-order valence-electron chi connectivity index (χ3n) is 3.56. The van der Waals surface area contributed by atoms with Gasteiger partial charge in [0.2, 0.25) is 0 Å². The lowest BCUT2D eigenvalue weighted by Gasteiger charge is -2.41. The van der Waals surface area contributed by atoms with Crippen molar-refractivity contribution < 1.29 is 9.59 Å². The van der Waals surface area contributed by atoms with Gasteiger partial charge in [-0.25, -0.2) is 14.5 Å². The highest BCUT2D eigenvalue weighted by atomic mass is 32.2. The van der Waals surface area contributed by atoms with Crippen LogP contribution in [0.2, 0.25) is 0 Å². The van der Waals surface area contributed by atoms with Gasteiger partial charge in [-0.2, -0.15) is 10.1 Å². The highest BCUT2D eigenvalue weighted by molar-refractivity contribution is 7.99. The van der Waals surface area contributed by atoms with Crippen LogP contribution < -0.4 is 5.32 Å². The van der Waals surface area contributed by atoms with E-state index in [1.165, 1.54) is 28.1 Å². The molecule has 112 valence electrons. The predicted octanol–water partition coefficient (Wildman–Crippen LogP) is 2.81. The van der Waals surface area contributed by atoms with Gasteiger partial charge in [0.15, 0.2) is 5.50 Å². The fourth-order valence-electron chi connectivity index (χ4n) is 2.66. The minimum atomic E-state index is -0.426. The number of amides is 4. The van der Waals surface area contributed by atoms with Crippen LogP contribution in [0.25, 0.3) is 0 Å². The fraction of sp³-hybridized carbons (Fsp3) is 0.769. The summed E-state index contributed by atoms with van der Waals surface area (Å²) in [6, 6.07) is -0.587. The molecule has 4 amide bonds. The van der Waals surface area contributed by atoms with Crippen molar-refractivity contribution in [2.75, 3.05) is 6.26 Å². The molecule has 0 radical (unpaired) electrons. The quantitative estimate of drug-likeness (QED) is 0.815. The molecule has 0 spiro atoms. The Morgan fingerprint density at radius 2 is 1.90 bits per heavy atom. The van der Waals surface area contributed by atoms with Crippen molar-refractivity contribution in [3.8, 4) is 0 Å². The smallest absolute Gasteiger partial charge is 0.307 e. The number of carbonyl (C=O) groups excluding carboxylic acids is 2. The van der Waals surface area contributed by atoms with E-state index in [9.17, 15) is 9.59 Å². The Hall–Kier alpha value is -1.24. The number of nitrogens with one attached hydrogen (secondary N) is 1. The maximum Gasteiger partial charge on any atom is 0.351 e. The molecule has 0 aromatic rings. The summed E-state index contributed by atoms with van der Waals surface area (Å²) in [4.78, 5) is 26.2. The fourth-order valence-corrected chi connectivity index (χ4v) is 3.22. The van der Waals surface area contributed by atoms with E-state index < -0.39 is 5.50 Å². The SMILES string of the molecule is CSC1NC(=O)N(C2CCCCC2)C(=O)N1N=C(C)C. The average Bonchev–Trinajstić information content (AvgIpc) is 2.42. The molecule has 1 saturated carbocycles. The number of hydrogen-bond acceptors (Lipinski definition) is 4.